The molecule has 0 amide bonds. The maximum Gasteiger partial charge on any atom is 0.0594 e. The molecule has 1 fully saturated rings. The molecule has 1 aromatic carbocycles. The van der Waals surface area contributed by atoms with Gasteiger partial charge >= 0.3 is 0 Å². The minimum absolute atomic E-state index is 0.169. The van der Waals surface area contributed by atoms with Crippen molar-refractivity contribution in [3.63, 3.8) is 0 Å². The van der Waals surface area contributed by atoms with Crippen molar-refractivity contribution in [1.82, 2.24) is 10.2 Å². The highest BCUT2D eigenvalue weighted by molar-refractivity contribution is 5.24. The molecule has 3 heteroatoms. The second-order valence-corrected chi connectivity index (χ2v) is 6.43. The van der Waals surface area contributed by atoms with Gasteiger partial charge in [-0.2, -0.15) is 0 Å². The summed E-state index contributed by atoms with van der Waals surface area (Å²) in [5.74, 6) is 0. The molecule has 1 aromatic rings. The third kappa shape index (κ3) is 4.05. The highest BCUT2D eigenvalue weighted by Gasteiger charge is 2.28. The Kier molecular flexibility index (Phi) is 5.19. The Morgan fingerprint density at radius 3 is 2.65 bits per heavy atom. The number of ether oxygens (including phenoxy) is 1. The highest BCUT2D eigenvalue weighted by Crippen LogP contribution is 2.18. The van der Waals surface area contributed by atoms with Gasteiger partial charge in [-0.25, -0.2) is 0 Å². The Balaban J connectivity index is 1.90. The van der Waals surface area contributed by atoms with Gasteiger partial charge in [-0.1, -0.05) is 29.8 Å². The summed E-state index contributed by atoms with van der Waals surface area (Å²) in [5.41, 5.74) is 2.85. The van der Waals surface area contributed by atoms with Crippen LogP contribution in [0.4, 0.5) is 0 Å². The predicted molar refractivity (Wildman–Crippen MR) is 84.1 cm³/mol. The Bertz CT molecular complexity index is 425. The van der Waals surface area contributed by atoms with Crippen LogP contribution in [0.25, 0.3) is 0 Å². The van der Waals surface area contributed by atoms with E-state index in [1.54, 1.807) is 0 Å². The molecule has 1 N–H and O–H groups in total. The number of hydrogen-bond donors (Lipinski definition) is 1. The zero-order chi connectivity index (χ0) is 14.6. The zero-order valence-corrected chi connectivity index (χ0v) is 13.3. The van der Waals surface area contributed by atoms with Crippen LogP contribution in [-0.4, -0.2) is 43.3 Å². The van der Waals surface area contributed by atoms with E-state index in [4.69, 9.17) is 4.74 Å². The van der Waals surface area contributed by atoms with Gasteiger partial charge in [-0.05, 0) is 33.3 Å². The SMILES string of the molecule is Cc1cccc(C(C)NCC(C)(C)N2CCOCC2)c1. The monoisotopic (exact) mass is 276 g/mol. The molecule has 1 atom stereocenters. The number of aryl methyl sites for hydroxylation is 1. The van der Waals surface area contributed by atoms with Gasteiger partial charge in [-0.3, -0.25) is 4.90 Å². The van der Waals surface area contributed by atoms with Crippen LogP contribution < -0.4 is 5.32 Å². The number of morpholine rings is 1. The molecule has 2 rings (SSSR count). The van der Waals surface area contributed by atoms with Crippen molar-refractivity contribution < 1.29 is 4.74 Å². The van der Waals surface area contributed by atoms with Crippen LogP contribution in [0.2, 0.25) is 0 Å². The predicted octanol–water partition coefficient (Wildman–Crippen LogP) is 2.76. The second kappa shape index (κ2) is 6.70. The van der Waals surface area contributed by atoms with Crippen molar-refractivity contribution >= 4 is 0 Å². The van der Waals surface area contributed by atoms with Crippen LogP contribution in [0.5, 0.6) is 0 Å². The zero-order valence-electron chi connectivity index (χ0n) is 13.3. The van der Waals surface area contributed by atoms with Gasteiger partial charge in [0.25, 0.3) is 0 Å². The Morgan fingerprint density at radius 2 is 2.00 bits per heavy atom. The van der Waals surface area contributed by atoms with Crippen LogP contribution in [0, 0.1) is 6.92 Å². The molecular formula is C17H28N2O. The van der Waals surface area contributed by atoms with Crippen LogP contribution in [-0.2, 0) is 4.74 Å². The van der Waals surface area contributed by atoms with Crippen LogP contribution in [0.1, 0.15) is 37.9 Å². The largest absolute Gasteiger partial charge is 0.379 e. The number of hydrogen-bond acceptors (Lipinski definition) is 3. The quantitative estimate of drug-likeness (QED) is 0.895. The third-order valence-electron chi connectivity index (χ3n) is 4.25. The fraction of sp³-hybridized carbons (Fsp3) is 0.647. The maximum absolute atomic E-state index is 5.44. The van der Waals surface area contributed by atoms with E-state index in [-0.39, 0.29) is 5.54 Å². The van der Waals surface area contributed by atoms with Gasteiger partial charge < -0.3 is 10.1 Å². The van der Waals surface area contributed by atoms with Gasteiger partial charge in [0.1, 0.15) is 0 Å². The third-order valence-corrected chi connectivity index (χ3v) is 4.25. The van der Waals surface area contributed by atoms with Crippen molar-refractivity contribution in [2.24, 2.45) is 0 Å². The van der Waals surface area contributed by atoms with E-state index in [2.05, 4.69) is 62.2 Å². The lowest BCUT2D eigenvalue weighted by atomic mass is 10.00. The first-order chi connectivity index (χ1) is 9.49. The topological polar surface area (TPSA) is 24.5 Å². The average molecular weight is 276 g/mol. The molecule has 0 bridgehead atoms. The molecule has 0 spiro atoms. The van der Waals surface area contributed by atoms with E-state index in [1.165, 1.54) is 11.1 Å². The molecule has 0 radical (unpaired) electrons. The molecule has 1 saturated heterocycles. The molecule has 1 unspecified atom stereocenters. The molecular weight excluding hydrogens is 248 g/mol. The summed E-state index contributed by atoms with van der Waals surface area (Å²) in [6.07, 6.45) is 0. The minimum Gasteiger partial charge on any atom is -0.379 e. The molecule has 3 nitrogen and oxygen atoms in total. The highest BCUT2D eigenvalue weighted by atomic mass is 16.5. The van der Waals surface area contributed by atoms with E-state index in [0.717, 1.165) is 32.8 Å². The molecule has 20 heavy (non-hydrogen) atoms. The van der Waals surface area contributed by atoms with Gasteiger partial charge in [0.05, 0.1) is 13.2 Å². The van der Waals surface area contributed by atoms with Crippen molar-refractivity contribution in [3.8, 4) is 0 Å². The first kappa shape index (κ1) is 15.5. The number of benzene rings is 1. The summed E-state index contributed by atoms with van der Waals surface area (Å²) in [7, 11) is 0. The minimum atomic E-state index is 0.169. The summed E-state index contributed by atoms with van der Waals surface area (Å²) in [5, 5.41) is 3.68. The van der Waals surface area contributed by atoms with Crippen molar-refractivity contribution in [2.75, 3.05) is 32.8 Å². The summed E-state index contributed by atoms with van der Waals surface area (Å²) in [6.45, 7) is 13.8. The summed E-state index contributed by atoms with van der Waals surface area (Å²) < 4.78 is 5.44. The Morgan fingerprint density at radius 1 is 1.30 bits per heavy atom. The maximum atomic E-state index is 5.44. The average Bonchev–Trinajstić information content (AvgIpc) is 2.46. The lowest BCUT2D eigenvalue weighted by molar-refractivity contribution is -0.0102. The van der Waals surface area contributed by atoms with E-state index >= 15 is 0 Å². The summed E-state index contributed by atoms with van der Waals surface area (Å²) in [6, 6.07) is 9.13. The summed E-state index contributed by atoms with van der Waals surface area (Å²) >= 11 is 0. The first-order valence-electron chi connectivity index (χ1n) is 7.62. The molecule has 1 heterocycles. The van der Waals surface area contributed by atoms with E-state index in [1.807, 2.05) is 0 Å². The van der Waals surface area contributed by atoms with E-state index in [9.17, 15) is 0 Å². The molecule has 0 aliphatic carbocycles. The smallest absolute Gasteiger partial charge is 0.0594 e. The molecule has 0 saturated carbocycles. The van der Waals surface area contributed by atoms with Gasteiger partial charge in [-0.15, -0.1) is 0 Å². The van der Waals surface area contributed by atoms with Gasteiger partial charge in [0.2, 0.25) is 0 Å². The van der Waals surface area contributed by atoms with Crippen LogP contribution >= 0.6 is 0 Å². The number of nitrogens with one attached hydrogen (secondary N) is 1. The standard InChI is InChI=1S/C17H28N2O/c1-14-6-5-7-16(12-14)15(2)18-13-17(3,4)19-8-10-20-11-9-19/h5-7,12,15,18H,8-11,13H2,1-4H3. The van der Waals surface area contributed by atoms with Gasteiger partial charge in [0, 0.05) is 31.2 Å². The normalized spacial score (nSPS) is 19.0. The Hall–Kier alpha value is -0.900. The molecule has 112 valence electrons. The van der Waals surface area contributed by atoms with E-state index in [0.29, 0.717) is 6.04 Å². The van der Waals surface area contributed by atoms with Crippen LogP contribution in [0.15, 0.2) is 24.3 Å². The van der Waals surface area contributed by atoms with Crippen molar-refractivity contribution in [2.45, 2.75) is 39.3 Å². The number of nitrogens with zero attached hydrogens (tertiary/aromatic N) is 1. The lowest BCUT2D eigenvalue weighted by Gasteiger charge is -2.41. The summed E-state index contributed by atoms with van der Waals surface area (Å²) in [4.78, 5) is 2.52. The van der Waals surface area contributed by atoms with E-state index < -0.39 is 0 Å². The number of rotatable bonds is 5. The molecule has 1 aliphatic heterocycles. The molecule has 0 aromatic heterocycles. The fourth-order valence-electron chi connectivity index (χ4n) is 2.74. The van der Waals surface area contributed by atoms with Gasteiger partial charge in [0.15, 0.2) is 0 Å². The second-order valence-electron chi connectivity index (χ2n) is 6.43. The fourth-order valence-corrected chi connectivity index (χ4v) is 2.74. The first-order valence-corrected chi connectivity index (χ1v) is 7.62. The molecule has 1 aliphatic rings. The van der Waals surface area contributed by atoms with Crippen molar-refractivity contribution in [3.05, 3.63) is 35.4 Å². The Labute approximate surface area is 123 Å². The van der Waals surface area contributed by atoms with Crippen molar-refractivity contribution in [1.29, 1.82) is 0 Å². The lowest BCUT2D eigenvalue weighted by Crippen LogP contribution is -2.54. The van der Waals surface area contributed by atoms with Crippen LogP contribution in [0.3, 0.4) is 0 Å².